The lowest BCUT2D eigenvalue weighted by atomic mass is 10.0. The molecule has 0 radical (unpaired) electrons. The summed E-state index contributed by atoms with van der Waals surface area (Å²) in [5.41, 5.74) is 0.541. The summed E-state index contributed by atoms with van der Waals surface area (Å²) in [6, 6.07) is 3.74. The molecule has 2 heterocycles. The lowest BCUT2D eigenvalue weighted by Crippen LogP contribution is -2.41. The van der Waals surface area contributed by atoms with Gasteiger partial charge >= 0.3 is 6.61 Å². The maximum Gasteiger partial charge on any atom is 0.387 e. The van der Waals surface area contributed by atoms with E-state index in [-0.39, 0.29) is 43.1 Å². The maximum absolute atomic E-state index is 12.7. The number of ether oxygens (including phenoxy) is 3. The molecule has 0 aliphatic carbocycles. The normalized spacial score (nSPS) is 18.8. The van der Waals surface area contributed by atoms with Gasteiger partial charge < -0.3 is 29.7 Å². The van der Waals surface area contributed by atoms with Crippen LogP contribution in [0.15, 0.2) is 17.1 Å². The molecular weight excluding hydrogens is 509 g/mol. The first-order chi connectivity index (χ1) is 14.1. The maximum atomic E-state index is 12.7. The molecule has 0 spiro atoms. The van der Waals surface area contributed by atoms with Gasteiger partial charge in [0.2, 0.25) is 6.79 Å². The van der Waals surface area contributed by atoms with Crippen LogP contribution in [0.3, 0.4) is 0 Å². The van der Waals surface area contributed by atoms with Gasteiger partial charge in [0.25, 0.3) is 0 Å². The van der Waals surface area contributed by atoms with E-state index in [1.54, 1.807) is 13.1 Å². The number of likely N-dealkylation sites (tertiary alicyclic amines) is 1. The van der Waals surface area contributed by atoms with Crippen molar-refractivity contribution in [2.75, 3.05) is 33.5 Å². The molecule has 0 aromatic heterocycles. The summed E-state index contributed by atoms with van der Waals surface area (Å²) in [7, 11) is 1.68. The number of nitrogens with one attached hydrogen (secondary N) is 2. The van der Waals surface area contributed by atoms with Crippen LogP contribution in [0.4, 0.5) is 8.78 Å². The Morgan fingerprint density at radius 3 is 2.73 bits per heavy atom. The largest absolute Gasteiger partial charge is 0.454 e. The molecule has 7 nitrogen and oxygen atoms in total. The number of aliphatic imine (C=N–C) groups is 1. The molecule has 2 N–H and O–H groups in total. The van der Waals surface area contributed by atoms with Crippen LogP contribution in [0.25, 0.3) is 0 Å². The lowest BCUT2D eigenvalue weighted by Gasteiger charge is -2.33. The van der Waals surface area contributed by atoms with Crippen molar-refractivity contribution in [3.63, 3.8) is 0 Å². The van der Waals surface area contributed by atoms with Crippen molar-refractivity contribution >= 4 is 29.9 Å². The Morgan fingerprint density at radius 2 is 2.03 bits per heavy atom. The molecule has 2 aliphatic heterocycles. The molecule has 1 atom stereocenters. The second-order valence-electron chi connectivity index (χ2n) is 7.28. The van der Waals surface area contributed by atoms with E-state index in [4.69, 9.17) is 9.47 Å². The predicted molar refractivity (Wildman–Crippen MR) is 122 cm³/mol. The standard InChI is InChI=1S/C20H30F2N4O3.HI/c1-14-6-3-4-8-26(14)9-5-7-24-20(23-2)25-12-15-10-17-18(28-13-27-17)11-16(15)29-19(21)22;/h10-11,14,19H,3-9,12-13H2,1-2H3,(H2,23,24,25);1H. The number of halogens is 3. The second-order valence-corrected chi connectivity index (χ2v) is 7.28. The van der Waals surface area contributed by atoms with Crippen LogP contribution >= 0.6 is 24.0 Å². The number of alkyl halides is 2. The van der Waals surface area contributed by atoms with Gasteiger partial charge in [-0.15, -0.1) is 24.0 Å². The Morgan fingerprint density at radius 1 is 1.27 bits per heavy atom. The Balaban J connectivity index is 0.00000320. The number of fused-ring (bicyclic) bond motifs is 1. The molecule has 170 valence electrons. The summed E-state index contributed by atoms with van der Waals surface area (Å²) in [4.78, 5) is 6.73. The smallest absolute Gasteiger partial charge is 0.387 e. The van der Waals surface area contributed by atoms with Crippen LogP contribution in [0, 0.1) is 0 Å². The molecule has 1 aromatic rings. The third-order valence-corrected chi connectivity index (χ3v) is 5.30. The topological polar surface area (TPSA) is 67.4 Å². The third-order valence-electron chi connectivity index (χ3n) is 5.30. The van der Waals surface area contributed by atoms with Crippen molar-refractivity contribution in [3.05, 3.63) is 17.7 Å². The fourth-order valence-electron chi connectivity index (χ4n) is 3.69. The minimum atomic E-state index is -2.91. The quantitative estimate of drug-likeness (QED) is 0.228. The van der Waals surface area contributed by atoms with Crippen LogP contribution < -0.4 is 24.8 Å². The van der Waals surface area contributed by atoms with Gasteiger partial charge in [-0.05, 0) is 38.8 Å². The molecule has 0 saturated carbocycles. The van der Waals surface area contributed by atoms with E-state index in [9.17, 15) is 8.78 Å². The zero-order valence-corrected chi connectivity index (χ0v) is 19.8. The molecular formula is C20H31F2IN4O3. The van der Waals surface area contributed by atoms with Gasteiger partial charge in [-0.3, -0.25) is 4.99 Å². The number of nitrogens with zero attached hydrogens (tertiary/aromatic N) is 2. The highest BCUT2D eigenvalue weighted by molar-refractivity contribution is 14.0. The van der Waals surface area contributed by atoms with Crippen molar-refractivity contribution in [3.8, 4) is 17.2 Å². The zero-order chi connectivity index (χ0) is 20.6. The Labute approximate surface area is 193 Å². The number of hydrogen-bond donors (Lipinski definition) is 2. The van der Waals surface area contributed by atoms with E-state index >= 15 is 0 Å². The SMILES string of the molecule is CN=C(NCCCN1CCCCC1C)NCc1cc2c(cc1OC(F)F)OCO2.I. The summed E-state index contributed by atoms with van der Waals surface area (Å²) in [5, 5.41) is 6.42. The summed E-state index contributed by atoms with van der Waals surface area (Å²) in [5.74, 6) is 1.59. The highest BCUT2D eigenvalue weighted by atomic mass is 127. The van der Waals surface area contributed by atoms with Crippen molar-refractivity contribution in [2.24, 2.45) is 4.99 Å². The Bertz CT molecular complexity index is 709. The van der Waals surface area contributed by atoms with Crippen LogP contribution in [-0.4, -0.2) is 57.0 Å². The zero-order valence-electron chi connectivity index (χ0n) is 17.5. The van der Waals surface area contributed by atoms with Crippen LogP contribution in [0.1, 0.15) is 38.2 Å². The van der Waals surface area contributed by atoms with Crippen LogP contribution in [0.5, 0.6) is 17.2 Å². The molecule has 0 bridgehead atoms. The van der Waals surface area contributed by atoms with E-state index in [2.05, 4.69) is 32.2 Å². The molecule has 30 heavy (non-hydrogen) atoms. The van der Waals surface area contributed by atoms with Crippen LogP contribution in [0.2, 0.25) is 0 Å². The predicted octanol–water partition coefficient (Wildman–Crippen LogP) is 3.56. The van der Waals surface area contributed by atoms with Gasteiger partial charge in [0, 0.05) is 44.4 Å². The van der Waals surface area contributed by atoms with Crippen molar-refractivity contribution in [1.29, 1.82) is 0 Å². The molecule has 3 rings (SSSR count). The van der Waals surface area contributed by atoms with Gasteiger partial charge in [-0.2, -0.15) is 8.78 Å². The van der Waals surface area contributed by atoms with Gasteiger partial charge in [-0.25, -0.2) is 0 Å². The summed E-state index contributed by atoms with van der Waals surface area (Å²) >= 11 is 0. The lowest BCUT2D eigenvalue weighted by molar-refractivity contribution is -0.0505. The van der Waals surface area contributed by atoms with Gasteiger partial charge in [0.1, 0.15) is 5.75 Å². The molecule has 1 fully saturated rings. The summed E-state index contributed by atoms with van der Waals surface area (Å²) < 4.78 is 40.7. The van der Waals surface area contributed by atoms with Crippen molar-refractivity contribution in [2.45, 2.75) is 51.8 Å². The second kappa shape index (κ2) is 12.3. The van der Waals surface area contributed by atoms with Crippen LogP contribution in [-0.2, 0) is 6.54 Å². The fraction of sp³-hybridized carbons (Fsp3) is 0.650. The Kier molecular flexibility index (Phi) is 10.2. The molecule has 1 unspecified atom stereocenters. The number of guanidine groups is 1. The number of rotatable bonds is 8. The van der Waals surface area contributed by atoms with E-state index in [1.165, 1.54) is 31.9 Å². The number of hydrogen-bond acceptors (Lipinski definition) is 5. The number of piperidine rings is 1. The first kappa shape index (κ1) is 24.7. The Hall–Kier alpha value is -1.56. The summed E-state index contributed by atoms with van der Waals surface area (Å²) in [6.07, 6.45) is 4.88. The molecule has 1 aromatic carbocycles. The molecule has 1 saturated heterocycles. The highest BCUT2D eigenvalue weighted by Gasteiger charge is 2.20. The summed E-state index contributed by atoms with van der Waals surface area (Å²) in [6.45, 7) is 2.72. The van der Waals surface area contributed by atoms with Crippen molar-refractivity contribution in [1.82, 2.24) is 15.5 Å². The van der Waals surface area contributed by atoms with E-state index in [0.29, 0.717) is 29.1 Å². The average molecular weight is 540 g/mol. The monoisotopic (exact) mass is 540 g/mol. The first-order valence-electron chi connectivity index (χ1n) is 10.1. The molecule has 2 aliphatic rings. The molecule has 10 heteroatoms. The van der Waals surface area contributed by atoms with Gasteiger partial charge in [0.05, 0.1) is 0 Å². The minimum absolute atomic E-state index is 0. The molecule has 0 amide bonds. The van der Waals surface area contributed by atoms with Gasteiger partial charge in [-0.1, -0.05) is 6.42 Å². The highest BCUT2D eigenvalue weighted by Crippen LogP contribution is 2.38. The average Bonchev–Trinajstić information content (AvgIpc) is 3.15. The van der Waals surface area contributed by atoms with Crippen molar-refractivity contribution < 1.29 is 23.0 Å². The minimum Gasteiger partial charge on any atom is -0.454 e. The number of benzene rings is 1. The van der Waals surface area contributed by atoms with Gasteiger partial charge in [0.15, 0.2) is 17.5 Å². The third kappa shape index (κ3) is 7.00. The van der Waals surface area contributed by atoms with E-state index < -0.39 is 6.61 Å². The first-order valence-corrected chi connectivity index (χ1v) is 10.1. The fourth-order valence-corrected chi connectivity index (χ4v) is 3.69. The van der Waals surface area contributed by atoms with E-state index in [0.717, 1.165) is 19.5 Å². The van der Waals surface area contributed by atoms with E-state index in [1.807, 2.05) is 0 Å².